The van der Waals surface area contributed by atoms with Crippen molar-refractivity contribution in [2.75, 3.05) is 0 Å². The molecule has 0 radical (unpaired) electrons. The quantitative estimate of drug-likeness (QED) is 0.181. The Morgan fingerprint density at radius 1 is 0.429 bits per heavy atom. The Bertz CT molecular complexity index is 3350. The molecule has 0 N–H and O–H groups in total. The van der Waals surface area contributed by atoms with E-state index >= 15 is 0 Å². The van der Waals surface area contributed by atoms with Gasteiger partial charge in [-0.2, -0.15) is 0 Å². The van der Waals surface area contributed by atoms with Gasteiger partial charge in [0.05, 0.1) is 0 Å². The first kappa shape index (κ1) is 31.0. The van der Waals surface area contributed by atoms with Crippen LogP contribution in [0.5, 0.6) is 0 Å². The van der Waals surface area contributed by atoms with E-state index in [1.165, 1.54) is 27.3 Å². The summed E-state index contributed by atoms with van der Waals surface area (Å²) in [4.78, 5) is 15.5. The van der Waals surface area contributed by atoms with Crippen molar-refractivity contribution >= 4 is 71.5 Å². The second-order valence-corrected chi connectivity index (χ2v) is 14.6. The summed E-state index contributed by atoms with van der Waals surface area (Å²) in [5.41, 5.74) is 10.7. The third-order valence-corrected chi connectivity index (χ3v) is 11.4. The molecule has 3 heterocycles. The van der Waals surface area contributed by atoms with Crippen molar-refractivity contribution in [1.29, 1.82) is 0 Å². The van der Waals surface area contributed by atoms with Gasteiger partial charge in [0.1, 0.15) is 22.3 Å². The molecule has 0 spiro atoms. The summed E-state index contributed by atoms with van der Waals surface area (Å²) in [5, 5.41) is 8.89. The molecule has 0 atom stereocenters. The number of hydrogen-bond donors (Lipinski definition) is 0. The van der Waals surface area contributed by atoms with Crippen molar-refractivity contribution in [2.45, 2.75) is 12.8 Å². The molecule has 1 aliphatic rings. The Labute approximate surface area is 321 Å². The van der Waals surface area contributed by atoms with Gasteiger partial charge in [-0.3, -0.25) is 0 Å². The smallest absolute Gasteiger partial charge is 0.164 e. The Morgan fingerprint density at radius 2 is 0.982 bits per heavy atom. The van der Waals surface area contributed by atoms with E-state index < -0.39 is 0 Å². The highest BCUT2D eigenvalue weighted by atomic mass is 16.3. The lowest BCUT2D eigenvalue weighted by Gasteiger charge is -2.11. The molecule has 5 heteroatoms. The van der Waals surface area contributed by atoms with Crippen molar-refractivity contribution in [3.05, 3.63) is 169 Å². The Hall–Kier alpha value is -7.37. The van der Waals surface area contributed by atoms with Crippen molar-refractivity contribution in [2.24, 2.45) is 0 Å². The van der Waals surface area contributed by atoms with E-state index in [0.29, 0.717) is 17.5 Å². The van der Waals surface area contributed by atoms with Crippen LogP contribution in [0.4, 0.5) is 0 Å². The van der Waals surface area contributed by atoms with Crippen molar-refractivity contribution in [1.82, 2.24) is 15.0 Å². The highest BCUT2D eigenvalue weighted by Crippen LogP contribution is 2.44. The molecule has 0 amide bonds. The van der Waals surface area contributed by atoms with Crippen molar-refractivity contribution in [3.63, 3.8) is 0 Å². The topological polar surface area (TPSA) is 65.0 Å². The van der Waals surface area contributed by atoms with Gasteiger partial charge in [-0.15, -0.1) is 0 Å². The number of hydrogen-bond acceptors (Lipinski definition) is 5. The molecule has 3 aromatic heterocycles. The van der Waals surface area contributed by atoms with E-state index in [1.54, 1.807) is 0 Å². The largest absolute Gasteiger partial charge is 0.455 e. The van der Waals surface area contributed by atoms with Crippen LogP contribution < -0.4 is 0 Å². The van der Waals surface area contributed by atoms with Gasteiger partial charge in [0.15, 0.2) is 17.5 Å². The number of fused-ring (bicyclic) bond motifs is 10. The zero-order chi connectivity index (χ0) is 36.7. The van der Waals surface area contributed by atoms with E-state index in [-0.39, 0.29) is 0 Å². The highest BCUT2D eigenvalue weighted by Gasteiger charge is 2.23. The molecule has 0 fully saturated rings. The summed E-state index contributed by atoms with van der Waals surface area (Å²) in [6.45, 7) is 0. The van der Waals surface area contributed by atoms with Crippen molar-refractivity contribution < 1.29 is 8.83 Å². The zero-order valence-corrected chi connectivity index (χ0v) is 30.2. The SMILES string of the molecule is C1=Cc2ccc3oc4c(-c5cccc6c5oc5cccc(-c7nc(-c8ccc9ccccc9c8)nc(-c8ccc9ccccc9c8)n7)c56)cccc4c3c2CC1. The molecule has 0 bridgehead atoms. The number of nitrogens with zero attached hydrogens (tertiary/aromatic N) is 3. The maximum absolute atomic E-state index is 6.82. The molecule has 0 aliphatic heterocycles. The molecule has 8 aromatic carbocycles. The maximum atomic E-state index is 6.82. The van der Waals surface area contributed by atoms with Crippen LogP contribution in [0.15, 0.2) is 167 Å². The predicted molar refractivity (Wildman–Crippen MR) is 228 cm³/mol. The number of para-hydroxylation sites is 2. The number of furan rings is 2. The summed E-state index contributed by atoms with van der Waals surface area (Å²) in [5.74, 6) is 1.82. The molecule has 12 rings (SSSR count). The van der Waals surface area contributed by atoms with Crippen LogP contribution in [0.1, 0.15) is 17.5 Å². The van der Waals surface area contributed by atoms with Gasteiger partial charge in [0, 0.05) is 49.4 Å². The first-order valence-electron chi connectivity index (χ1n) is 19.1. The van der Waals surface area contributed by atoms with Crippen LogP contribution in [0.25, 0.3) is 117 Å². The van der Waals surface area contributed by atoms with Gasteiger partial charge in [-0.25, -0.2) is 15.0 Å². The fourth-order valence-corrected chi connectivity index (χ4v) is 8.71. The van der Waals surface area contributed by atoms with E-state index in [0.717, 1.165) is 89.9 Å². The van der Waals surface area contributed by atoms with Crippen LogP contribution in [-0.2, 0) is 6.42 Å². The van der Waals surface area contributed by atoms with E-state index in [9.17, 15) is 0 Å². The van der Waals surface area contributed by atoms with Gasteiger partial charge in [0.25, 0.3) is 0 Å². The Balaban J connectivity index is 1.07. The summed E-state index contributed by atoms with van der Waals surface area (Å²) in [6, 6.07) is 52.7. The second kappa shape index (κ2) is 12.1. The minimum Gasteiger partial charge on any atom is -0.455 e. The van der Waals surface area contributed by atoms with Gasteiger partial charge in [-0.1, -0.05) is 140 Å². The molecule has 5 nitrogen and oxygen atoms in total. The Kier molecular flexibility index (Phi) is 6.69. The number of aromatic nitrogens is 3. The summed E-state index contributed by atoms with van der Waals surface area (Å²) >= 11 is 0. The third kappa shape index (κ3) is 4.77. The van der Waals surface area contributed by atoms with E-state index in [2.05, 4.69) is 152 Å². The average molecular weight is 718 g/mol. The van der Waals surface area contributed by atoms with Gasteiger partial charge in [-0.05, 0) is 69.8 Å². The molecule has 1 aliphatic carbocycles. The van der Waals surface area contributed by atoms with Crippen LogP contribution in [0, 0.1) is 0 Å². The summed E-state index contributed by atoms with van der Waals surface area (Å²) < 4.78 is 13.5. The van der Waals surface area contributed by atoms with Crippen LogP contribution in [-0.4, -0.2) is 15.0 Å². The molecule has 0 saturated carbocycles. The number of rotatable bonds is 4. The first-order chi connectivity index (χ1) is 27.7. The maximum Gasteiger partial charge on any atom is 0.164 e. The van der Waals surface area contributed by atoms with Crippen LogP contribution >= 0.6 is 0 Å². The molecular formula is C51H31N3O2. The number of aryl methyl sites for hydroxylation is 1. The third-order valence-electron chi connectivity index (χ3n) is 11.4. The van der Waals surface area contributed by atoms with Gasteiger partial charge < -0.3 is 8.83 Å². The van der Waals surface area contributed by atoms with Gasteiger partial charge in [0.2, 0.25) is 0 Å². The van der Waals surface area contributed by atoms with Gasteiger partial charge >= 0.3 is 0 Å². The molecule has 56 heavy (non-hydrogen) atoms. The minimum absolute atomic E-state index is 0.586. The van der Waals surface area contributed by atoms with E-state index in [1.807, 2.05) is 12.1 Å². The molecule has 262 valence electrons. The first-order valence-corrected chi connectivity index (χ1v) is 19.1. The second-order valence-electron chi connectivity index (χ2n) is 14.6. The summed E-state index contributed by atoms with van der Waals surface area (Å²) in [7, 11) is 0. The number of allylic oxidation sites excluding steroid dienone is 1. The minimum atomic E-state index is 0.586. The lowest BCUT2D eigenvalue weighted by atomic mass is 9.92. The normalized spacial score (nSPS) is 12.8. The molecular weight excluding hydrogens is 687 g/mol. The van der Waals surface area contributed by atoms with E-state index in [4.69, 9.17) is 23.8 Å². The van der Waals surface area contributed by atoms with Crippen molar-refractivity contribution in [3.8, 4) is 45.3 Å². The highest BCUT2D eigenvalue weighted by molar-refractivity contribution is 6.18. The lowest BCUT2D eigenvalue weighted by Crippen LogP contribution is -2.00. The van der Waals surface area contributed by atoms with Crippen LogP contribution in [0.3, 0.4) is 0 Å². The molecule has 11 aromatic rings. The Morgan fingerprint density at radius 3 is 1.64 bits per heavy atom. The predicted octanol–water partition coefficient (Wildman–Crippen LogP) is 13.6. The zero-order valence-electron chi connectivity index (χ0n) is 30.2. The monoisotopic (exact) mass is 717 g/mol. The lowest BCUT2D eigenvalue weighted by molar-refractivity contribution is 0.665. The molecule has 0 unspecified atom stereocenters. The summed E-state index contributed by atoms with van der Waals surface area (Å²) in [6.07, 6.45) is 6.53. The fourth-order valence-electron chi connectivity index (χ4n) is 8.71. The standard InChI is InChI=1S/C51H31N3O2/c1-3-13-33-28-35(24-22-30(33)10-1)49-52-50(36-25-23-31-11-2-4-14-34(31)29-36)54-51(53-49)42-20-9-21-43-46(42)41-19-8-17-39(48(41)55-43)38-16-7-18-40-45-37-15-6-5-12-32(37)26-27-44(45)56-47(38)40/h1-5,7-14,16-29H,6,15H2. The molecule has 0 saturated heterocycles. The fraction of sp³-hybridized carbons (Fsp3) is 0.0392. The average Bonchev–Trinajstić information content (AvgIpc) is 3.85. The number of benzene rings is 8. The van der Waals surface area contributed by atoms with Crippen LogP contribution in [0.2, 0.25) is 0 Å².